The number of aromatic nitrogens is 1. The molecule has 1 radical (unpaired) electrons. The van der Waals surface area contributed by atoms with Crippen molar-refractivity contribution in [2.75, 3.05) is 19.8 Å². The number of amides is 1. The number of aryl methyl sites for hydroxylation is 1. The molecule has 0 aliphatic carbocycles. The van der Waals surface area contributed by atoms with Gasteiger partial charge in [0.25, 0.3) is 5.91 Å². The van der Waals surface area contributed by atoms with Gasteiger partial charge in [-0.2, -0.15) is 13.2 Å². The SMILES string of the molecule is [CH2]CCn1ccc2cc(CC(C)NCCOc3ccccc3OCC(F)(F)F)cc(C(N)=O)c21. The van der Waals surface area contributed by atoms with Crippen LogP contribution in [0.3, 0.4) is 0 Å². The monoisotopic (exact) mass is 476 g/mol. The first-order valence-corrected chi connectivity index (χ1v) is 11.0. The Labute approximate surface area is 196 Å². The Kier molecular flexibility index (Phi) is 8.44. The van der Waals surface area contributed by atoms with Crippen LogP contribution in [0.1, 0.15) is 29.3 Å². The van der Waals surface area contributed by atoms with Crippen LogP contribution in [0.4, 0.5) is 13.2 Å². The van der Waals surface area contributed by atoms with E-state index in [-0.39, 0.29) is 24.1 Å². The predicted molar refractivity (Wildman–Crippen MR) is 125 cm³/mol. The summed E-state index contributed by atoms with van der Waals surface area (Å²) in [5.41, 5.74) is 7.92. The number of halogens is 3. The Balaban J connectivity index is 1.56. The Hall–Kier alpha value is -3.20. The molecule has 0 aliphatic heterocycles. The van der Waals surface area contributed by atoms with Crippen LogP contribution in [0.15, 0.2) is 48.7 Å². The molecule has 3 rings (SSSR count). The van der Waals surface area contributed by atoms with E-state index in [0.717, 1.165) is 16.5 Å². The van der Waals surface area contributed by atoms with Crippen molar-refractivity contribution in [3.05, 3.63) is 66.7 Å². The van der Waals surface area contributed by atoms with Crippen molar-refractivity contribution in [3.63, 3.8) is 0 Å². The lowest BCUT2D eigenvalue weighted by Crippen LogP contribution is -2.32. The zero-order valence-electron chi connectivity index (χ0n) is 19.0. The largest absolute Gasteiger partial charge is 0.488 e. The van der Waals surface area contributed by atoms with E-state index in [1.807, 2.05) is 35.9 Å². The maximum atomic E-state index is 12.4. The molecule has 6 nitrogen and oxygen atoms in total. The van der Waals surface area contributed by atoms with Gasteiger partial charge in [0.2, 0.25) is 0 Å². The standard InChI is InChI=1S/C25H29F3N3O3/c1-3-10-31-11-8-19-14-18(15-20(23(19)31)24(29)32)13-17(2)30-9-12-33-21-6-4-5-7-22(21)34-16-25(26,27)28/h4-8,11,14-15,17,30H,1,3,9-10,12-13,16H2,2H3,(H2,29,32). The first kappa shape index (κ1) is 25.4. The second kappa shape index (κ2) is 11.3. The predicted octanol–water partition coefficient (Wildman–Crippen LogP) is 4.51. The zero-order valence-corrected chi connectivity index (χ0v) is 19.0. The summed E-state index contributed by atoms with van der Waals surface area (Å²) in [5.74, 6) is -0.174. The number of carbonyl (C=O) groups excluding carboxylic acids is 1. The molecule has 1 atom stereocenters. The number of primary amides is 1. The molecule has 0 bridgehead atoms. The number of carbonyl (C=O) groups is 1. The first-order valence-electron chi connectivity index (χ1n) is 11.0. The van der Waals surface area contributed by atoms with Gasteiger partial charge >= 0.3 is 6.18 Å². The van der Waals surface area contributed by atoms with Gasteiger partial charge in [0.05, 0.1) is 11.1 Å². The van der Waals surface area contributed by atoms with Crippen molar-refractivity contribution >= 4 is 16.8 Å². The average Bonchev–Trinajstić information content (AvgIpc) is 3.17. The number of nitrogens with one attached hydrogen (secondary N) is 1. The highest BCUT2D eigenvalue weighted by Gasteiger charge is 2.29. The summed E-state index contributed by atoms with van der Waals surface area (Å²) in [5, 5.41) is 4.27. The smallest absolute Gasteiger partial charge is 0.422 e. The van der Waals surface area contributed by atoms with Gasteiger partial charge in [-0.3, -0.25) is 4.79 Å². The van der Waals surface area contributed by atoms with E-state index in [2.05, 4.69) is 12.2 Å². The van der Waals surface area contributed by atoms with Crippen LogP contribution in [0.2, 0.25) is 0 Å². The fourth-order valence-electron chi connectivity index (χ4n) is 3.81. The van der Waals surface area contributed by atoms with E-state index in [1.165, 1.54) is 6.07 Å². The number of benzene rings is 2. The van der Waals surface area contributed by atoms with E-state index < -0.39 is 18.7 Å². The van der Waals surface area contributed by atoms with Crippen molar-refractivity contribution in [1.29, 1.82) is 0 Å². The Bertz CT molecular complexity index is 1110. The number of para-hydroxylation sites is 2. The number of hydrogen-bond acceptors (Lipinski definition) is 4. The summed E-state index contributed by atoms with van der Waals surface area (Å²) in [6, 6.07) is 12.2. The molecule has 1 amide bonds. The Morgan fingerprint density at radius 1 is 1.18 bits per heavy atom. The van der Waals surface area contributed by atoms with E-state index in [1.54, 1.807) is 18.2 Å². The number of fused-ring (bicyclic) bond motifs is 1. The second-order valence-corrected chi connectivity index (χ2v) is 8.07. The highest BCUT2D eigenvalue weighted by molar-refractivity contribution is 6.05. The van der Waals surface area contributed by atoms with Crippen LogP contribution >= 0.6 is 0 Å². The summed E-state index contributed by atoms with van der Waals surface area (Å²) in [4.78, 5) is 12.1. The molecule has 34 heavy (non-hydrogen) atoms. The Morgan fingerprint density at radius 3 is 2.53 bits per heavy atom. The molecule has 183 valence electrons. The van der Waals surface area contributed by atoms with Crippen LogP contribution in [0.5, 0.6) is 11.5 Å². The number of nitrogens with two attached hydrogens (primary N) is 1. The molecule has 0 spiro atoms. The van der Waals surface area contributed by atoms with Gasteiger partial charge in [-0.25, -0.2) is 0 Å². The lowest BCUT2D eigenvalue weighted by molar-refractivity contribution is -0.153. The minimum absolute atomic E-state index is 0.0472. The minimum Gasteiger partial charge on any atom is -0.488 e. The number of hydrogen-bond donors (Lipinski definition) is 2. The summed E-state index contributed by atoms with van der Waals surface area (Å²) in [6.07, 6.45) is -1.13. The fraction of sp³-hybridized carbons (Fsp3) is 0.360. The third kappa shape index (κ3) is 6.90. The van der Waals surface area contributed by atoms with Crippen molar-refractivity contribution in [3.8, 4) is 11.5 Å². The molecule has 3 aromatic rings. The highest BCUT2D eigenvalue weighted by atomic mass is 19.4. The van der Waals surface area contributed by atoms with Crippen LogP contribution < -0.4 is 20.5 Å². The molecule has 3 N–H and O–H groups in total. The maximum Gasteiger partial charge on any atom is 0.422 e. The summed E-state index contributed by atoms with van der Waals surface area (Å²) in [6.45, 7) is 5.91. The number of rotatable bonds is 12. The molecule has 0 fully saturated rings. The van der Waals surface area contributed by atoms with Gasteiger partial charge in [-0.1, -0.05) is 19.1 Å². The fourth-order valence-corrected chi connectivity index (χ4v) is 3.81. The van der Waals surface area contributed by atoms with Crippen LogP contribution in [0, 0.1) is 6.92 Å². The molecule has 1 aromatic heterocycles. The molecule has 0 saturated carbocycles. The zero-order chi connectivity index (χ0) is 24.7. The molecular weight excluding hydrogens is 447 g/mol. The molecule has 2 aromatic carbocycles. The number of nitrogens with zero attached hydrogens (tertiary/aromatic N) is 1. The summed E-state index contributed by atoms with van der Waals surface area (Å²) < 4.78 is 49.7. The third-order valence-electron chi connectivity index (χ3n) is 5.22. The number of alkyl halides is 3. The lowest BCUT2D eigenvalue weighted by Gasteiger charge is -2.17. The summed E-state index contributed by atoms with van der Waals surface area (Å²) in [7, 11) is 0. The van der Waals surface area contributed by atoms with E-state index in [9.17, 15) is 18.0 Å². The molecule has 1 heterocycles. The second-order valence-electron chi connectivity index (χ2n) is 8.07. The number of ether oxygens (including phenoxy) is 2. The van der Waals surface area contributed by atoms with Gasteiger partial charge < -0.3 is 25.1 Å². The van der Waals surface area contributed by atoms with E-state index in [0.29, 0.717) is 31.5 Å². The minimum atomic E-state index is -4.42. The van der Waals surface area contributed by atoms with Crippen LogP contribution in [-0.2, 0) is 13.0 Å². The van der Waals surface area contributed by atoms with Crippen molar-refractivity contribution < 1.29 is 27.4 Å². The van der Waals surface area contributed by atoms with Gasteiger partial charge in [0.15, 0.2) is 18.1 Å². The average molecular weight is 477 g/mol. The van der Waals surface area contributed by atoms with Crippen LogP contribution in [0.25, 0.3) is 10.9 Å². The Morgan fingerprint density at radius 2 is 1.88 bits per heavy atom. The lowest BCUT2D eigenvalue weighted by atomic mass is 10.0. The molecule has 0 aliphatic rings. The maximum absolute atomic E-state index is 12.4. The van der Waals surface area contributed by atoms with Gasteiger partial charge in [0, 0.05) is 30.7 Å². The first-order chi connectivity index (χ1) is 16.2. The van der Waals surface area contributed by atoms with Gasteiger partial charge in [-0.15, -0.1) is 0 Å². The van der Waals surface area contributed by atoms with Crippen molar-refractivity contribution in [2.24, 2.45) is 5.73 Å². The summed E-state index contributed by atoms with van der Waals surface area (Å²) >= 11 is 0. The molecule has 1 unspecified atom stereocenters. The normalized spacial score (nSPS) is 12.6. The van der Waals surface area contributed by atoms with Gasteiger partial charge in [0.1, 0.15) is 6.61 Å². The molecular formula is C25H29F3N3O3. The molecule has 9 heteroatoms. The highest BCUT2D eigenvalue weighted by Crippen LogP contribution is 2.28. The topological polar surface area (TPSA) is 78.5 Å². The van der Waals surface area contributed by atoms with Gasteiger partial charge in [-0.05, 0) is 55.7 Å². The molecule has 0 saturated heterocycles. The van der Waals surface area contributed by atoms with Crippen LogP contribution in [-0.4, -0.2) is 42.5 Å². The van der Waals surface area contributed by atoms with Crippen molar-refractivity contribution in [2.45, 2.75) is 38.5 Å². The third-order valence-corrected chi connectivity index (χ3v) is 5.22. The van der Waals surface area contributed by atoms with Crippen molar-refractivity contribution in [1.82, 2.24) is 9.88 Å². The van der Waals surface area contributed by atoms with E-state index in [4.69, 9.17) is 15.2 Å². The van der Waals surface area contributed by atoms with E-state index >= 15 is 0 Å². The quantitative estimate of drug-likeness (QED) is 0.377.